The van der Waals surface area contributed by atoms with Crippen LogP contribution in [0.3, 0.4) is 0 Å². The second-order valence-electron chi connectivity index (χ2n) is 16.8. The van der Waals surface area contributed by atoms with Crippen molar-refractivity contribution in [1.82, 2.24) is 19.8 Å². The normalized spacial score (nSPS) is 14.5. The van der Waals surface area contributed by atoms with E-state index >= 15 is 0 Å². The fourth-order valence-electron chi connectivity index (χ4n) is 8.20. The molecule has 2 amide bonds. The second-order valence-corrected chi connectivity index (χ2v) is 16.8. The first-order valence-electron chi connectivity index (χ1n) is 23.9. The van der Waals surface area contributed by atoms with Gasteiger partial charge in [-0.1, -0.05) is 160 Å². The van der Waals surface area contributed by atoms with Crippen molar-refractivity contribution < 1.29 is 9.59 Å². The molecule has 1 aliphatic carbocycles. The minimum absolute atomic E-state index is 0.0907. The van der Waals surface area contributed by atoms with E-state index < -0.39 is 0 Å². The van der Waals surface area contributed by atoms with Crippen molar-refractivity contribution >= 4 is 11.8 Å². The molecule has 55 heavy (non-hydrogen) atoms. The quantitative estimate of drug-likeness (QED) is 0.0425. The summed E-state index contributed by atoms with van der Waals surface area (Å²) in [5.74, 6) is 1.26. The van der Waals surface area contributed by atoms with E-state index in [-0.39, 0.29) is 23.9 Å². The highest BCUT2D eigenvalue weighted by Gasteiger charge is 2.30. The van der Waals surface area contributed by atoms with Crippen molar-refractivity contribution in [3.8, 4) is 0 Å². The summed E-state index contributed by atoms with van der Waals surface area (Å²) in [6.07, 6.45) is 52.3. The summed E-state index contributed by atoms with van der Waals surface area (Å²) in [5, 5.41) is 3.47. The Bertz CT molecular complexity index is 1100. The lowest BCUT2D eigenvalue weighted by molar-refractivity contribution is -0.141. The average molecular weight is 765 g/mol. The first-order valence-corrected chi connectivity index (χ1v) is 23.9. The van der Waals surface area contributed by atoms with Crippen molar-refractivity contribution in [2.24, 2.45) is 0 Å². The van der Waals surface area contributed by atoms with Gasteiger partial charge in [0.1, 0.15) is 11.9 Å². The Hall–Kier alpha value is -2.37. The lowest BCUT2D eigenvalue weighted by Crippen LogP contribution is -2.52. The van der Waals surface area contributed by atoms with Gasteiger partial charge in [-0.2, -0.15) is 0 Å². The van der Waals surface area contributed by atoms with Crippen LogP contribution >= 0.6 is 0 Å². The highest BCUT2D eigenvalue weighted by molar-refractivity contribution is 5.87. The molecule has 1 unspecified atom stereocenters. The summed E-state index contributed by atoms with van der Waals surface area (Å²) in [6.45, 7) is 8.01. The molecule has 1 heterocycles. The fraction of sp³-hybridized carbons (Fsp3) is 0.816. The smallest absolute Gasteiger partial charge is 0.243 e. The number of amides is 2. The molecular weight excluding hydrogens is 677 g/mol. The molecule has 0 saturated heterocycles. The predicted molar refractivity (Wildman–Crippen MR) is 236 cm³/mol. The van der Waals surface area contributed by atoms with Crippen LogP contribution in [0, 0.1) is 6.92 Å². The van der Waals surface area contributed by atoms with E-state index in [4.69, 9.17) is 0 Å². The lowest BCUT2D eigenvalue weighted by atomic mass is 10.0. The van der Waals surface area contributed by atoms with E-state index in [1.54, 1.807) is 0 Å². The Morgan fingerprint density at radius 1 is 0.691 bits per heavy atom. The molecule has 1 aliphatic rings. The van der Waals surface area contributed by atoms with Gasteiger partial charge in [-0.3, -0.25) is 9.59 Å². The molecule has 0 aromatic carbocycles. The molecule has 1 aromatic rings. The van der Waals surface area contributed by atoms with Crippen molar-refractivity contribution in [3.63, 3.8) is 0 Å². The first kappa shape index (κ1) is 48.8. The van der Waals surface area contributed by atoms with Gasteiger partial charge in [0, 0.05) is 37.9 Å². The number of unbranched alkanes of at least 4 members (excludes halogenated alkanes) is 20. The van der Waals surface area contributed by atoms with Crippen molar-refractivity contribution in [2.75, 3.05) is 6.54 Å². The van der Waals surface area contributed by atoms with Gasteiger partial charge in [-0.05, 0) is 90.4 Å². The van der Waals surface area contributed by atoms with E-state index in [1.807, 2.05) is 24.2 Å². The number of hydrogen-bond acceptors (Lipinski definition) is 3. The topological polar surface area (TPSA) is 67.2 Å². The SMILES string of the molecule is CCCCCC/C=C\CCCCCCCC(=O)N(CCCn1ccnc1C)C(CCCCCCC/C=C\CCCCCCCC)C(=O)NC1CCCCCC1. The maximum absolute atomic E-state index is 14.1. The van der Waals surface area contributed by atoms with Gasteiger partial charge in [0.15, 0.2) is 0 Å². The van der Waals surface area contributed by atoms with Crippen LogP contribution in [0.1, 0.15) is 232 Å². The van der Waals surface area contributed by atoms with Gasteiger partial charge in [-0.25, -0.2) is 4.98 Å². The highest BCUT2D eigenvalue weighted by Crippen LogP contribution is 2.21. The number of aromatic nitrogens is 2. The number of nitrogens with one attached hydrogen (secondary N) is 1. The lowest BCUT2D eigenvalue weighted by Gasteiger charge is -2.33. The second kappa shape index (κ2) is 34.8. The Labute approximate surface area is 340 Å². The van der Waals surface area contributed by atoms with Crippen molar-refractivity contribution in [2.45, 2.75) is 251 Å². The van der Waals surface area contributed by atoms with Crippen LogP contribution in [0.2, 0.25) is 0 Å². The number of carbonyl (C=O) groups is 2. The van der Waals surface area contributed by atoms with E-state index in [9.17, 15) is 9.59 Å². The minimum atomic E-state index is -0.377. The molecule has 6 heteroatoms. The van der Waals surface area contributed by atoms with Crippen LogP contribution in [-0.4, -0.2) is 44.9 Å². The molecule has 1 N–H and O–H groups in total. The minimum Gasteiger partial charge on any atom is -0.352 e. The Morgan fingerprint density at radius 2 is 1.18 bits per heavy atom. The van der Waals surface area contributed by atoms with E-state index in [0.717, 1.165) is 63.7 Å². The zero-order chi connectivity index (χ0) is 39.4. The standard InChI is InChI=1S/C49H88N4O2/c1-4-6-8-10-12-14-16-18-19-21-22-24-26-28-34-39-47(49(55)51-46-37-32-30-31-33-38-46)53(43-36-42-52-44-41-50-45(52)3)48(54)40-35-29-27-25-23-20-17-15-13-11-9-7-5-2/h15,17-19,41,44,46-47H,4-14,16,20-40,42-43H2,1-3H3,(H,51,55)/b17-15-,19-18-. The fourth-order valence-corrected chi connectivity index (χ4v) is 8.20. The third-order valence-corrected chi connectivity index (χ3v) is 11.8. The summed E-state index contributed by atoms with van der Waals surface area (Å²) in [4.78, 5) is 34.6. The monoisotopic (exact) mass is 765 g/mol. The molecule has 1 aromatic heterocycles. The molecule has 6 nitrogen and oxygen atoms in total. The van der Waals surface area contributed by atoms with Crippen molar-refractivity contribution in [1.29, 1.82) is 0 Å². The number of aryl methyl sites for hydroxylation is 2. The summed E-state index contributed by atoms with van der Waals surface area (Å²) in [6, 6.07) is -0.133. The third kappa shape index (κ3) is 25.5. The summed E-state index contributed by atoms with van der Waals surface area (Å²) >= 11 is 0. The summed E-state index contributed by atoms with van der Waals surface area (Å²) < 4.78 is 2.16. The van der Waals surface area contributed by atoms with Gasteiger partial charge in [-0.15, -0.1) is 0 Å². The van der Waals surface area contributed by atoms with E-state index in [0.29, 0.717) is 13.0 Å². The van der Waals surface area contributed by atoms with Crippen LogP contribution in [-0.2, 0) is 16.1 Å². The average Bonchev–Trinajstić information content (AvgIpc) is 3.42. The van der Waals surface area contributed by atoms with Crippen LogP contribution < -0.4 is 5.32 Å². The molecule has 0 spiro atoms. The Balaban J connectivity index is 1.89. The third-order valence-electron chi connectivity index (χ3n) is 11.8. The summed E-state index contributed by atoms with van der Waals surface area (Å²) in [5.41, 5.74) is 0. The maximum atomic E-state index is 14.1. The van der Waals surface area contributed by atoms with Gasteiger partial charge in [0.2, 0.25) is 11.8 Å². The molecule has 0 radical (unpaired) electrons. The molecule has 0 aliphatic heterocycles. The zero-order valence-electron chi connectivity index (χ0n) is 36.5. The van der Waals surface area contributed by atoms with Crippen LogP contribution in [0.25, 0.3) is 0 Å². The van der Waals surface area contributed by atoms with Crippen LogP contribution in [0.5, 0.6) is 0 Å². The van der Waals surface area contributed by atoms with Crippen LogP contribution in [0.15, 0.2) is 36.7 Å². The van der Waals surface area contributed by atoms with Gasteiger partial charge < -0.3 is 14.8 Å². The maximum Gasteiger partial charge on any atom is 0.243 e. The van der Waals surface area contributed by atoms with E-state index in [1.165, 1.54) is 154 Å². The molecule has 1 fully saturated rings. The molecule has 1 atom stereocenters. The number of imidazole rings is 1. The number of nitrogens with zero attached hydrogens (tertiary/aromatic N) is 3. The molecule has 0 bridgehead atoms. The molecule has 1 saturated carbocycles. The number of hydrogen-bond donors (Lipinski definition) is 1. The molecule has 2 rings (SSSR count). The highest BCUT2D eigenvalue weighted by atomic mass is 16.2. The van der Waals surface area contributed by atoms with Gasteiger partial charge >= 0.3 is 0 Å². The first-order chi connectivity index (χ1) is 27.1. The molecule has 316 valence electrons. The number of carbonyl (C=O) groups excluding carboxylic acids is 2. The molecular formula is C49H88N4O2. The largest absolute Gasteiger partial charge is 0.352 e. The van der Waals surface area contributed by atoms with Gasteiger partial charge in [0.05, 0.1) is 0 Å². The Kier molecular flexibility index (Phi) is 30.9. The summed E-state index contributed by atoms with van der Waals surface area (Å²) in [7, 11) is 0. The number of allylic oxidation sites excluding steroid dienone is 4. The predicted octanol–water partition coefficient (Wildman–Crippen LogP) is 13.9. The van der Waals surface area contributed by atoms with Crippen LogP contribution in [0.4, 0.5) is 0 Å². The number of rotatable bonds is 35. The van der Waals surface area contributed by atoms with Crippen molar-refractivity contribution in [3.05, 3.63) is 42.5 Å². The zero-order valence-corrected chi connectivity index (χ0v) is 36.5. The van der Waals surface area contributed by atoms with Gasteiger partial charge in [0.25, 0.3) is 0 Å². The Morgan fingerprint density at radius 3 is 1.71 bits per heavy atom. The van der Waals surface area contributed by atoms with E-state index in [2.05, 4.69) is 53.0 Å².